The van der Waals surface area contributed by atoms with Crippen molar-refractivity contribution in [3.63, 3.8) is 0 Å². The molecule has 0 bridgehead atoms. The Labute approximate surface area is 130 Å². The van der Waals surface area contributed by atoms with Crippen LogP contribution < -0.4 is 10.2 Å². The molecule has 2 aromatic rings. The van der Waals surface area contributed by atoms with E-state index < -0.39 is 0 Å². The maximum absolute atomic E-state index is 4.80. The number of hydrogen-bond donors (Lipinski definition) is 1. The van der Waals surface area contributed by atoms with E-state index >= 15 is 0 Å². The fraction of sp³-hybridized carbons (Fsp3) is 0.600. The van der Waals surface area contributed by atoms with Gasteiger partial charge in [0.1, 0.15) is 5.82 Å². The lowest BCUT2D eigenvalue weighted by Gasteiger charge is -2.24. The first-order valence-electron chi connectivity index (χ1n) is 7.55. The minimum absolute atomic E-state index is 0.347. The van der Waals surface area contributed by atoms with Crippen molar-refractivity contribution in [1.82, 2.24) is 14.4 Å². The van der Waals surface area contributed by atoms with Gasteiger partial charge in [0.25, 0.3) is 0 Å². The minimum Gasteiger partial charge on any atom is -0.369 e. The summed E-state index contributed by atoms with van der Waals surface area (Å²) in [6, 6.07) is 0. The van der Waals surface area contributed by atoms with Gasteiger partial charge in [-0.2, -0.15) is 11.8 Å². The van der Waals surface area contributed by atoms with Gasteiger partial charge in [-0.1, -0.05) is 13.8 Å². The summed E-state index contributed by atoms with van der Waals surface area (Å²) in [5, 5.41) is 3.31. The number of nitrogens with zero attached hydrogens (tertiary/aromatic N) is 4. The van der Waals surface area contributed by atoms with Gasteiger partial charge in [-0.3, -0.25) is 0 Å². The van der Waals surface area contributed by atoms with E-state index in [0.717, 1.165) is 49.1 Å². The van der Waals surface area contributed by atoms with E-state index in [-0.39, 0.29) is 0 Å². The molecular formula is C15H23N5S. The molecule has 0 spiro atoms. The largest absolute Gasteiger partial charge is 0.369 e. The van der Waals surface area contributed by atoms with Gasteiger partial charge >= 0.3 is 0 Å². The summed E-state index contributed by atoms with van der Waals surface area (Å²) in [6.45, 7) is 9.67. The molecule has 3 heterocycles. The Morgan fingerprint density at radius 2 is 2.24 bits per heavy atom. The normalized spacial score (nSPS) is 18.7. The molecule has 0 aliphatic carbocycles. The quantitative estimate of drug-likeness (QED) is 0.944. The van der Waals surface area contributed by atoms with Crippen molar-refractivity contribution in [2.24, 2.45) is 0 Å². The van der Waals surface area contributed by atoms with Gasteiger partial charge in [-0.15, -0.1) is 0 Å². The van der Waals surface area contributed by atoms with Gasteiger partial charge in [0, 0.05) is 42.5 Å². The average molecular weight is 305 g/mol. The summed E-state index contributed by atoms with van der Waals surface area (Å²) >= 11 is 2.05. The van der Waals surface area contributed by atoms with Crippen molar-refractivity contribution in [2.45, 2.75) is 31.9 Å². The third-order valence-corrected chi connectivity index (χ3v) is 5.22. The molecule has 0 amide bonds. The molecule has 0 saturated carbocycles. The van der Waals surface area contributed by atoms with Crippen molar-refractivity contribution >= 4 is 29.0 Å². The highest BCUT2D eigenvalue weighted by Crippen LogP contribution is 2.33. The number of imidazole rings is 1. The van der Waals surface area contributed by atoms with Crippen LogP contribution in [0.4, 0.5) is 11.6 Å². The van der Waals surface area contributed by atoms with Crippen molar-refractivity contribution in [1.29, 1.82) is 0 Å². The Balaban J connectivity index is 1.96. The Morgan fingerprint density at radius 1 is 1.38 bits per heavy atom. The highest BCUT2D eigenvalue weighted by Gasteiger charge is 2.25. The molecule has 6 heteroatoms. The first kappa shape index (κ1) is 14.5. The molecule has 3 rings (SSSR count). The number of anilines is 2. The van der Waals surface area contributed by atoms with Crippen LogP contribution in [0.15, 0.2) is 18.6 Å². The predicted octanol–water partition coefficient (Wildman–Crippen LogP) is 2.88. The lowest BCUT2D eigenvalue weighted by atomic mass is 10.1. The first-order valence-corrected chi connectivity index (χ1v) is 8.54. The van der Waals surface area contributed by atoms with Gasteiger partial charge in [0.05, 0.1) is 6.20 Å². The molecule has 0 aromatic carbocycles. The van der Waals surface area contributed by atoms with Crippen molar-refractivity contribution in [3.8, 4) is 0 Å². The minimum atomic E-state index is 0.347. The summed E-state index contributed by atoms with van der Waals surface area (Å²) in [4.78, 5) is 11.7. The third-order valence-electron chi connectivity index (χ3n) is 3.85. The second-order valence-corrected chi connectivity index (χ2v) is 7.79. The Morgan fingerprint density at radius 3 is 3.05 bits per heavy atom. The number of aromatic nitrogens is 3. The second kappa shape index (κ2) is 5.75. The van der Waals surface area contributed by atoms with E-state index in [1.165, 1.54) is 0 Å². The molecule has 5 nitrogen and oxygen atoms in total. The van der Waals surface area contributed by atoms with Gasteiger partial charge < -0.3 is 14.6 Å². The van der Waals surface area contributed by atoms with Crippen molar-refractivity contribution in [3.05, 3.63) is 18.6 Å². The zero-order valence-electron chi connectivity index (χ0n) is 13.0. The molecule has 1 fully saturated rings. The van der Waals surface area contributed by atoms with E-state index in [1.54, 1.807) is 0 Å². The summed E-state index contributed by atoms with van der Waals surface area (Å²) in [7, 11) is 0. The van der Waals surface area contributed by atoms with E-state index in [2.05, 4.69) is 40.4 Å². The molecule has 2 aromatic heterocycles. The smallest absolute Gasteiger partial charge is 0.180 e. The third kappa shape index (κ3) is 3.10. The standard InChI is InChI=1S/C15H23N5S/c1-4-16-12-11-20-8-6-17-13(20)14(18-12)19-7-5-15(2,3)21-10-9-19/h6,8,11,16H,4-5,7,9-10H2,1-3H3. The molecule has 114 valence electrons. The van der Waals surface area contributed by atoms with Crippen LogP contribution >= 0.6 is 11.8 Å². The van der Waals surface area contributed by atoms with Crippen LogP contribution in [0.2, 0.25) is 0 Å². The van der Waals surface area contributed by atoms with Crippen LogP contribution in [-0.4, -0.2) is 44.5 Å². The molecule has 1 aliphatic heterocycles. The number of nitrogens with one attached hydrogen (secondary N) is 1. The fourth-order valence-electron chi connectivity index (χ4n) is 2.63. The molecule has 1 aliphatic rings. The lowest BCUT2D eigenvalue weighted by molar-refractivity contribution is 0.635. The molecule has 1 saturated heterocycles. The van der Waals surface area contributed by atoms with Gasteiger partial charge in [-0.05, 0) is 13.3 Å². The van der Waals surface area contributed by atoms with Gasteiger partial charge in [0.2, 0.25) is 0 Å². The summed E-state index contributed by atoms with van der Waals surface area (Å²) in [5.41, 5.74) is 0.946. The highest BCUT2D eigenvalue weighted by atomic mass is 32.2. The van der Waals surface area contributed by atoms with E-state index in [0.29, 0.717) is 4.75 Å². The Hall–Kier alpha value is -1.43. The molecular weight excluding hydrogens is 282 g/mol. The monoisotopic (exact) mass is 305 g/mol. The highest BCUT2D eigenvalue weighted by molar-refractivity contribution is 8.00. The maximum Gasteiger partial charge on any atom is 0.180 e. The second-order valence-electron chi connectivity index (χ2n) is 5.98. The molecule has 21 heavy (non-hydrogen) atoms. The summed E-state index contributed by atoms with van der Waals surface area (Å²) in [6.07, 6.45) is 6.99. The molecule has 0 unspecified atom stereocenters. The van der Waals surface area contributed by atoms with Gasteiger partial charge in [0.15, 0.2) is 11.5 Å². The van der Waals surface area contributed by atoms with E-state index in [9.17, 15) is 0 Å². The Kier molecular flexibility index (Phi) is 3.97. The van der Waals surface area contributed by atoms with E-state index in [1.807, 2.05) is 30.4 Å². The van der Waals surface area contributed by atoms with Crippen LogP contribution in [0.3, 0.4) is 0 Å². The van der Waals surface area contributed by atoms with Crippen molar-refractivity contribution in [2.75, 3.05) is 35.6 Å². The van der Waals surface area contributed by atoms with Crippen LogP contribution in [0.25, 0.3) is 5.65 Å². The number of thioether (sulfide) groups is 1. The summed E-state index contributed by atoms with van der Waals surface area (Å²) in [5.74, 6) is 3.04. The number of fused-ring (bicyclic) bond motifs is 1. The number of hydrogen-bond acceptors (Lipinski definition) is 5. The summed E-state index contributed by atoms with van der Waals surface area (Å²) < 4.78 is 2.41. The fourth-order valence-corrected chi connectivity index (χ4v) is 3.73. The zero-order chi connectivity index (χ0) is 14.9. The maximum atomic E-state index is 4.80. The predicted molar refractivity (Wildman–Crippen MR) is 90.5 cm³/mol. The Bertz CT molecular complexity index is 622. The average Bonchev–Trinajstić information content (AvgIpc) is 2.83. The van der Waals surface area contributed by atoms with Crippen LogP contribution in [0.1, 0.15) is 27.2 Å². The van der Waals surface area contributed by atoms with Gasteiger partial charge in [-0.25, -0.2) is 9.97 Å². The van der Waals surface area contributed by atoms with Crippen LogP contribution in [-0.2, 0) is 0 Å². The first-order chi connectivity index (χ1) is 10.1. The van der Waals surface area contributed by atoms with Crippen LogP contribution in [0.5, 0.6) is 0 Å². The zero-order valence-corrected chi connectivity index (χ0v) is 13.8. The van der Waals surface area contributed by atoms with Crippen LogP contribution in [0, 0.1) is 0 Å². The lowest BCUT2D eigenvalue weighted by Crippen LogP contribution is -2.28. The number of rotatable bonds is 3. The van der Waals surface area contributed by atoms with E-state index in [4.69, 9.17) is 4.98 Å². The molecule has 0 atom stereocenters. The molecule has 0 radical (unpaired) electrons. The topological polar surface area (TPSA) is 45.5 Å². The molecule has 1 N–H and O–H groups in total. The van der Waals surface area contributed by atoms with Crippen molar-refractivity contribution < 1.29 is 0 Å². The SMILES string of the molecule is CCNc1cn2ccnc2c(N2CCSC(C)(C)CC2)n1.